The maximum absolute atomic E-state index is 12.1. The van der Waals surface area contributed by atoms with Crippen LogP contribution in [0.25, 0.3) is 0 Å². The number of amides is 1. The van der Waals surface area contributed by atoms with Gasteiger partial charge in [0.1, 0.15) is 0 Å². The van der Waals surface area contributed by atoms with Gasteiger partial charge in [-0.25, -0.2) is 4.79 Å². The fourth-order valence-electron chi connectivity index (χ4n) is 1.44. The average molecular weight is 275 g/mol. The van der Waals surface area contributed by atoms with E-state index in [2.05, 4.69) is 0 Å². The number of hydrogen-bond acceptors (Lipinski definition) is 2. The molecule has 19 heavy (non-hydrogen) atoms. The summed E-state index contributed by atoms with van der Waals surface area (Å²) in [5, 5.41) is 10.4. The predicted molar refractivity (Wildman–Crippen MR) is 60.5 cm³/mol. The first-order chi connectivity index (χ1) is 8.62. The number of carboxylic acid groups (broad SMARTS) is 1. The fourth-order valence-corrected chi connectivity index (χ4v) is 1.44. The molecule has 0 spiro atoms. The van der Waals surface area contributed by atoms with Crippen molar-refractivity contribution >= 4 is 11.9 Å². The molecule has 2 N–H and O–H groups in total. The molecule has 0 saturated heterocycles. The third-order valence-corrected chi connectivity index (χ3v) is 2.64. The third kappa shape index (κ3) is 3.70. The van der Waals surface area contributed by atoms with Gasteiger partial charge < -0.3 is 10.4 Å². The van der Waals surface area contributed by atoms with Gasteiger partial charge in [0, 0.05) is 0 Å². The molecule has 4 nitrogen and oxygen atoms in total. The Morgan fingerprint density at radius 2 is 1.79 bits per heavy atom. The van der Waals surface area contributed by atoms with Gasteiger partial charge in [-0.2, -0.15) is 13.2 Å². The van der Waals surface area contributed by atoms with Crippen molar-refractivity contribution in [2.45, 2.75) is 26.1 Å². The molecular formula is C12H12F3NO3. The van der Waals surface area contributed by atoms with Crippen LogP contribution in [0.15, 0.2) is 18.2 Å². The van der Waals surface area contributed by atoms with Crippen LogP contribution < -0.4 is 5.32 Å². The summed E-state index contributed by atoms with van der Waals surface area (Å²) >= 11 is 0. The number of benzene rings is 1. The van der Waals surface area contributed by atoms with Crippen molar-refractivity contribution in [3.8, 4) is 0 Å². The maximum Gasteiger partial charge on any atom is 0.471 e. The van der Waals surface area contributed by atoms with E-state index in [1.54, 1.807) is 19.9 Å². The number of rotatable bonds is 3. The van der Waals surface area contributed by atoms with E-state index in [4.69, 9.17) is 5.11 Å². The van der Waals surface area contributed by atoms with Crippen LogP contribution in [-0.2, 0) is 9.59 Å². The number of halogens is 3. The second-order valence-electron chi connectivity index (χ2n) is 4.09. The van der Waals surface area contributed by atoms with Gasteiger partial charge in [0.05, 0.1) is 0 Å². The Hall–Kier alpha value is -2.05. The number of aryl methyl sites for hydroxylation is 2. The van der Waals surface area contributed by atoms with Gasteiger partial charge in [0.2, 0.25) is 0 Å². The molecule has 7 heteroatoms. The van der Waals surface area contributed by atoms with E-state index in [0.717, 1.165) is 11.1 Å². The van der Waals surface area contributed by atoms with Crippen molar-refractivity contribution in [2.75, 3.05) is 0 Å². The zero-order chi connectivity index (χ0) is 14.8. The van der Waals surface area contributed by atoms with Crippen LogP contribution in [0.2, 0.25) is 0 Å². The highest BCUT2D eigenvalue weighted by atomic mass is 19.4. The van der Waals surface area contributed by atoms with Crippen molar-refractivity contribution in [3.63, 3.8) is 0 Å². The van der Waals surface area contributed by atoms with Gasteiger partial charge in [-0.1, -0.05) is 18.2 Å². The van der Waals surface area contributed by atoms with E-state index in [9.17, 15) is 22.8 Å². The zero-order valence-electron chi connectivity index (χ0n) is 10.2. The van der Waals surface area contributed by atoms with Gasteiger partial charge in [-0.15, -0.1) is 0 Å². The summed E-state index contributed by atoms with van der Waals surface area (Å²) in [4.78, 5) is 21.8. The zero-order valence-corrected chi connectivity index (χ0v) is 10.2. The molecule has 0 aliphatic rings. The maximum atomic E-state index is 12.1. The number of aliphatic carboxylic acids is 1. The molecule has 0 aliphatic heterocycles. The molecule has 0 fully saturated rings. The molecule has 1 unspecified atom stereocenters. The van der Waals surface area contributed by atoms with E-state index in [-0.39, 0.29) is 5.56 Å². The van der Waals surface area contributed by atoms with Crippen molar-refractivity contribution in [1.82, 2.24) is 5.32 Å². The summed E-state index contributed by atoms with van der Waals surface area (Å²) in [6, 6.07) is 2.66. The minimum absolute atomic E-state index is 0.0909. The second kappa shape index (κ2) is 5.29. The molecule has 0 aromatic heterocycles. The van der Waals surface area contributed by atoms with Crippen LogP contribution in [-0.4, -0.2) is 23.2 Å². The van der Waals surface area contributed by atoms with Gasteiger partial charge in [0.15, 0.2) is 6.04 Å². The van der Waals surface area contributed by atoms with E-state index >= 15 is 0 Å². The molecule has 104 valence electrons. The van der Waals surface area contributed by atoms with Gasteiger partial charge in [0.25, 0.3) is 0 Å². The molecule has 1 atom stereocenters. The Labute approximate surface area is 107 Å². The molecule has 0 saturated carbocycles. The van der Waals surface area contributed by atoms with E-state index in [0.29, 0.717) is 0 Å². The minimum Gasteiger partial charge on any atom is -0.479 e. The number of nitrogens with one attached hydrogen (secondary N) is 1. The second-order valence-corrected chi connectivity index (χ2v) is 4.09. The lowest BCUT2D eigenvalue weighted by molar-refractivity contribution is -0.175. The lowest BCUT2D eigenvalue weighted by atomic mass is 10.0. The van der Waals surface area contributed by atoms with E-state index < -0.39 is 24.1 Å². The molecule has 1 aromatic rings. The first kappa shape index (κ1) is 15.0. The predicted octanol–water partition coefficient (Wildman–Crippen LogP) is 2.11. The van der Waals surface area contributed by atoms with Crippen molar-refractivity contribution in [3.05, 3.63) is 34.9 Å². The lowest BCUT2D eigenvalue weighted by Gasteiger charge is -2.17. The molecule has 0 bridgehead atoms. The topological polar surface area (TPSA) is 66.4 Å². The number of hydrogen-bond donors (Lipinski definition) is 2. The lowest BCUT2D eigenvalue weighted by Crippen LogP contribution is -2.41. The number of carbonyl (C=O) groups excluding carboxylic acids is 1. The molecule has 1 rings (SSSR count). The van der Waals surface area contributed by atoms with Crippen molar-refractivity contribution < 1.29 is 27.9 Å². The van der Waals surface area contributed by atoms with Crippen LogP contribution in [0.4, 0.5) is 13.2 Å². The summed E-state index contributed by atoms with van der Waals surface area (Å²) in [5.74, 6) is -3.83. The van der Waals surface area contributed by atoms with Crippen LogP contribution in [0.5, 0.6) is 0 Å². The Morgan fingerprint density at radius 3 is 2.21 bits per heavy atom. The Bertz CT molecular complexity index is 511. The molecule has 1 amide bonds. The monoisotopic (exact) mass is 275 g/mol. The highest BCUT2D eigenvalue weighted by Crippen LogP contribution is 2.21. The largest absolute Gasteiger partial charge is 0.479 e. The SMILES string of the molecule is Cc1ccc(C(NC(=O)C(F)(F)F)C(=O)O)cc1C. The molecule has 0 heterocycles. The Balaban J connectivity index is 3.05. The molecule has 0 aliphatic carbocycles. The van der Waals surface area contributed by atoms with Crippen molar-refractivity contribution in [2.24, 2.45) is 0 Å². The molecular weight excluding hydrogens is 263 g/mol. The van der Waals surface area contributed by atoms with Crippen LogP contribution >= 0.6 is 0 Å². The first-order valence-electron chi connectivity index (χ1n) is 5.30. The Kier molecular flexibility index (Phi) is 4.18. The van der Waals surface area contributed by atoms with Crippen LogP contribution in [0.3, 0.4) is 0 Å². The van der Waals surface area contributed by atoms with Crippen LogP contribution in [0, 0.1) is 13.8 Å². The first-order valence-corrected chi connectivity index (χ1v) is 5.30. The number of carboxylic acids is 1. The summed E-state index contributed by atoms with van der Waals surface area (Å²) in [5.41, 5.74) is 1.69. The Morgan fingerprint density at radius 1 is 1.21 bits per heavy atom. The number of carbonyl (C=O) groups is 2. The summed E-state index contributed by atoms with van der Waals surface area (Å²) in [6.45, 7) is 3.48. The standard InChI is InChI=1S/C12H12F3NO3/c1-6-3-4-8(5-7(6)2)9(10(17)18)16-11(19)12(13,14)15/h3-5,9H,1-2H3,(H,16,19)(H,17,18). The van der Waals surface area contributed by atoms with Gasteiger partial charge in [-0.05, 0) is 30.5 Å². The summed E-state index contributed by atoms with van der Waals surface area (Å²) < 4.78 is 36.4. The van der Waals surface area contributed by atoms with Crippen LogP contribution in [0.1, 0.15) is 22.7 Å². The average Bonchev–Trinajstić information content (AvgIpc) is 2.27. The highest BCUT2D eigenvalue weighted by Gasteiger charge is 2.41. The summed E-state index contributed by atoms with van der Waals surface area (Å²) in [7, 11) is 0. The summed E-state index contributed by atoms with van der Waals surface area (Å²) in [6.07, 6.45) is -5.12. The van der Waals surface area contributed by atoms with E-state index in [1.165, 1.54) is 17.4 Å². The third-order valence-electron chi connectivity index (χ3n) is 2.64. The smallest absolute Gasteiger partial charge is 0.471 e. The van der Waals surface area contributed by atoms with E-state index in [1.807, 2.05) is 0 Å². The van der Waals surface area contributed by atoms with Gasteiger partial charge >= 0.3 is 18.1 Å². The highest BCUT2D eigenvalue weighted by molar-refractivity contribution is 5.87. The number of alkyl halides is 3. The minimum atomic E-state index is -5.12. The normalized spacial score (nSPS) is 12.9. The fraction of sp³-hybridized carbons (Fsp3) is 0.333. The van der Waals surface area contributed by atoms with Gasteiger partial charge in [-0.3, -0.25) is 4.79 Å². The van der Waals surface area contributed by atoms with Crippen molar-refractivity contribution in [1.29, 1.82) is 0 Å². The molecule has 1 aromatic carbocycles. The quantitative estimate of drug-likeness (QED) is 0.887. The molecule has 0 radical (unpaired) electrons.